The number of cyclic esters (lactones) is 1. The maximum Gasteiger partial charge on any atom is 0.338 e. The highest BCUT2D eigenvalue weighted by molar-refractivity contribution is 5.89. The predicted octanol–water partition coefficient (Wildman–Crippen LogP) is 2.95. The number of aliphatic hydroxyl groups excluding tert-OH is 1. The van der Waals surface area contributed by atoms with Crippen molar-refractivity contribution in [2.24, 2.45) is 16.7 Å². The lowest BCUT2D eigenvalue weighted by atomic mass is 9.39. The summed E-state index contributed by atoms with van der Waals surface area (Å²) in [6, 6.07) is 8.62. The number of carbonyl (C=O) groups excluding carboxylic acids is 3. The molecule has 9 nitrogen and oxygen atoms in total. The van der Waals surface area contributed by atoms with Crippen molar-refractivity contribution >= 4 is 17.9 Å². The topological polar surface area (TPSA) is 129 Å². The number of hydrogen-bond acceptors (Lipinski definition) is 9. The molecule has 2 saturated carbocycles. The minimum Gasteiger partial charge on any atom is -0.462 e. The Balaban J connectivity index is 1.64. The van der Waals surface area contributed by atoms with Crippen molar-refractivity contribution in [1.29, 1.82) is 0 Å². The maximum absolute atomic E-state index is 13.3. The Morgan fingerprint density at radius 3 is 2.24 bits per heavy atom. The molecular formula is C29H38O9. The number of hydrogen-bond donors (Lipinski definition) is 2. The van der Waals surface area contributed by atoms with Crippen LogP contribution in [0.3, 0.4) is 0 Å². The highest BCUT2D eigenvalue weighted by Crippen LogP contribution is 2.69. The summed E-state index contributed by atoms with van der Waals surface area (Å²) in [5.74, 6) is -1.75. The first-order valence-corrected chi connectivity index (χ1v) is 13.4. The first kappa shape index (κ1) is 27.1. The lowest BCUT2D eigenvalue weighted by Crippen LogP contribution is -2.79. The van der Waals surface area contributed by atoms with Gasteiger partial charge in [-0.15, -0.1) is 0 Å². The van der Waals surface area contributed by atoms with Crippen LogP contribution in [0.1, 0.15) is 77.1 Å². The minimum atomic E-state index is -1.62. The molecule has 0 radical (unpaired) electrons. The molecule has 2 aliphatic carbocycles. The van der Waals surface area contributed by atoms with Gasteiger partial charge in [0.25, 0.3) is 0 Å². The predicted molar refractivity (Wildman–Crippen MR) is 134 cm³/mol. The zero-order chi connectivity index (χ0) is 27.7. The van der Waals surface area contributed by atoms with Crippen LogP contribution in [0.2, 0.25) is 0 Å². The summed E-state index contributed by atoms with van der Waals surface area (Å²) >= 11 is 0. The third kappa shape index (κ3) is 3.72. The molecule has 2 heterocycles. The average Bonchev–Trinajstić information content (AvgIpc) is 3.19. The number of benzene rings is 1. The normalized spacial score (nSPS) is 46.0. The van der Waals surface area contributed by atoms with E-state index in [0.29, 0.717) is 18.4 Å². The first-order chi connectivity index (χ1) is 17.7. The van der Waals surface area contributed by atoms with Gasteiger partial charge in [-0.3, -0.25) is 9.59 Å². The van der Waals surface area contributed by atoms with Gasteiger partial charge >= 0.3 is 17.9 Å². The Bertz CT molecular complexity index is 1130. The quantitative estimate of drug-likeness (QED) is 0.448. The van der Waals surface area contributed by atoms with E-state index >= 15 is 0 Å². The van der Waals surface area contributed by atoms with Crippen LogP contribution in [0.5, 0.6) is 0 Å². The van der Waals surface area contributed by atoms with E-state index in [1.807, 2.05) is 20.8 Å². The fourth-order valence-corrected chi connectivity index (χ4v) is 8.10. The molecule has 4 fully saturated rings. The van der Waals surface area contributed by atoms with E-state index in [1.54, 1.807) is 37.3 Å². The Hall–Kier alpha value is -2.49. The van der Waals surface area contributed by atoms with Crippen molar-refractivity contribution < 1.29 is 43.5 Å². The molecule has 0 bridgehead atoms. The molecule has 4 aliphatic rings. The summed E-state index contributed by atoms with van der Waals surface area (Å²) in [5, 5.41) is 22.9. The van der Waals surface area contributed by atoms with E-state index in [0.717, 1.165) is 0 Å². The van der Waals surface area contributed by atoms with Crippen molar-refractivity contribution in [3.63, 3.8) is 0 Å². The summed E-state index contributed by atoms with van der Waals surface area (Å²) in [6.45, 7) is 8.75. The van der Waals surface area contributed by atoms with Gasteiger partial charge in [0, 0.05) is 30.6 Å². The molecule has 2 aliphatic heterocycles. The summed E-state index contributed by atoms with van der Waals surface area (Å²) in [6.07, 6.45) is -1.30. The van der Waals surface area contributed by atoms with Crippen LogP contribution in [-0.4, -0.2) is 69.8 Å². The van der Waals surface area contributed by atoms with Gasteiger partial charge in [0.1, 0.15) is 24.4 Å². The summed E-state index contributed by atoms with van der Waals surface area (Å²) in [7, 11) is 0. The minimum absolute atomic E-state index is 0.0310. The van der Waals surface area contributed by atoms with Gasteiger partial charge in [-0.05, 0) is 44.7 Å². The van der Waals surface area contributed by atoms with Crippen LogP contribution >= 0.6 is 0 Å². The van der Waals surface area contributed by atoms with Crippen LogP contribution in [0, 0.1) is 16.7 Å². The zero-order valence-electron chi connectivity index (χ0n) is 22.7. The van der Waals surface area contributed by atoms with E-state index in [2.05, 4.69) is 0 Å². The molecule has 1 aromatic carbocycles. The average molecular weight is 531 g/mol. The second-order valence-corrected chi connectivity index (χ2v) is 12.5. The molecule has 5 rings (SSSR count). The summed E-state index contributed by atoms with van der Waals surface area (Å²) < 4.78 is 24.3. The molecule has 38 heavy (non-hydrogen) atoms. The fraction of sp³-hybridized carbons (Fsp3) is 0.690. The molecule has 2 N–H and O–H groups in total. The van der Waals surface area contributed by atoms with Crippen LogP contribution in [-0.2, 0) is 28.5 Å². The van der Waals surface area contributed by atoms with E-state index in [-0.39, 0.29) is 37.8 Å². The summed E-state index contributed by atoms with van der Waals surface area (Å²) in [5.41, 5.74) is -5.21. The Morgan fingerprint density at radius 1 is 0.974 bits per heavy atom. The standard InChI is InChI=1S/C29H38O9/c1-17(30)36-22-14-29(15-23(32)35-16-29)38-25(2)13-21(37-24(33)18-9-7-6-8-10-18)27(4)19(26(22,25)3)11-12-20(31)28(27,5)34/h6-10,19-22,31,34H,11-16H2,1-5H3/t19-,20+,21-,22-,25-,26+,27+,28+,29+/m0/s1. The first-order valence-electron chi connectivity index (χ1n) is 13.4. The lowest BCUT2D eigenvalue weighted by molar-refractivity contribution is -0.363. The van der Waals surface area contributed by atoms with Gasteiger partial charge in [0.15, 0.2) is 0 Å². The second-order valence-electron chi connectivity index (χ2n) is 12.5. The van der Waals surface area contributed by atoms with Gasteiger partial charge in [-0.1, -0.05) is 32.0 Å². The van der Waals surface area contributed by atoms with Crippen molar-refractivity contribution in [1.82, 2.24) is 0 Å². The largest absolute Gasteiger partial charge is 0.462 e. The highest BCUT2D eigenvalue weighted by atomic mass is 16.6. The van der Waals surface area contributed by atoms with Crippen LogP contribution < -0.4 is 0 Å². The molecule has 0 unspecified atom stereocenters. The number of esters is 3. The smallest absolute Gasteiger partial charge is 0.338 e. The van der Waals surface area contributed by atoms with E-state index in [9.17, 15) is 24.6 Å². The van der Waals surface area contributed by atoms with Gasteiger partial charge < -0.3 is 29.2 Å². The van der Waals surface area contributed by atoms with E-state index in [4.69, 9.17) is 18.9 Å². The van der Waals surface area contributed by atoms with Gasteiger partial charge in [-0.2, -0.15) is 0 Å². The van der Waals surface area contributed by atoms with E-state index < -0.39 is 57.9 Å². The van der Waals surface area contributed by atoms with Crippen molar-refractivity contribution in [2.45, 2.75) is 102 Å². The molecule has 0 amide bonds. The Labute approximate surface area is 222 Å². The van der Waals surface area contributed by atoms with Gasteiger partial charge in [0.05, 0.1) is 29.3 Å². The van der Waals surface area contributed by atoms with Crippen molar-refractivity contribution in [3.05, 3.63) is 35.9 Å². The molecule has 9 atom stereocenters. The van der Waals surface area contributed by atoms with Crippen LogP contribution in [0.4, 0.5) is 0 Å². The Morgan fingerprint density at radius 2 is 1.63 bits per heavy atom. The molecule has 1 aromatic rings. The number of rotatable bonds is 3. The van der Waals surface area contributed by atoms with Crippen LogP contribution in [0.15, 0.2) is 30.3 Å². The van der Waals surface area contributed by atoms with Gasteiger partial charge in [0.2, 0.25) is 0 Å². The van der Waals surface area contributed by atoms with Gasteiger partial charge in [-0.25, -0.2) is 4.79 Å². The number of fused-ring (bicyclic) bond motifs is 3. The second kappa shape index (κ2) is 8.76. The Kier molecular flexibility index (Phi) is 6.25. The highest BCUT2D eigenvalue weighted by Gasteiger charge is 2.77. The summed E-state index contributed by atoms with van der Waals surface area (Å²) in [4.78, 5) is 37.9. The maximum atomic E-state index is 13.3. The molecular weight excluding hydrogens is 492 g/mol. The van der Waals surface area contributed by atoms with Crippen molar-refractivity contribution in [3.8, 4) is 0 Å². The third-order valence-corrected chi connectivity index (χ3v) is 10.5. The molecule has 9 heteroatoms. The number of ether oxygens (including phenoxy) is 4. The monoisotopic (exact) mass is 530 g/mol. The zero-order valence-corrected chi connectivity index (χ0v) is 22.7. The fourth-order valence-electron chi connectivity index (χ4n) is 8.10. The molecule has 0 aromatic heterocycles. The van der Waals surface area contributed by atoms with Crippen LogP contribution in [0.25, 0.3) is 0 Å². The molecule has 1 spiro atoms. The lowest BCUT2D eigenvalue weighted by Gasteiger charge is -2.71. The SMILES string of the molecule is CC(=O)O[C@H]1C[C@@]2(COC(=O)C2)O[C@@]2(C)C[C@H](OC(=O)c3ccccc3)[C@@]3(C)[C@@H](CC[C@@H](O)[C@@]3(C)O)[C@]12C. The third-order valence-electron chi connectivity index (χ3n) is 10.5. The molecule has 2 saturated heterocycles. The number of aliphatic hydroxyl groups is 2. The molecule has 208 valence electrons. The van der Waals surface area contributed by atoms with Crippen molar-refractivity contribution in [2.75, 3.05) is 6.61 Å². The number of carbonyl (C=O) groups is 3. The van der Waals surface area contributed by atoms with E-state index in [1.165, 1.54) is 6.92 Å².